The summed E-state index contributed by atoms with van der Waals surface area (Å²) in [7, 11) is 0. The van der Waals surface area contributed by atoms with E-state index in [0.29, 0.717) is 12.4 Å². The van der Waals surface area contributed by atoms with Gasteiger partial charge in [0.2, 0.25) is 0 Å². The Hall–Kier alpha value is -2.56. The monoisotopic (exact) mass is 280 g/mol. The molecule has 1 aromatic heterocycles. The van der Waals surface area contributed by atoms with Crippen LogP contribution < -0.4 is 5.32 Å². The zero-order valence-electron chi connectivity index (χ0n) is 11.5. The SMILES string of the molecule is CC1=NCc2ccc(NC3=NCc4ncc(F)cc43)cc21. The van der Waals surface area contributed by atoms with Gasteiger partial charge < -0.3 is 5.32 Å². The second-order valence-electron chi connectivity index (χ2n) is 5.21. The normalized spacial score (nSPS) is 15.3. The van der Waals surface area contributed by atoms with Crippen molar-refractivity contribution in [1.29, 1.82) is 0 Å². The maximum Gasteiger partial charge on any atom is 0.142 e. The maximum atomic E-state index is 13.3. The van der Waals surface area contributed by atoms with E-state index in [2.05, 4.69) is 32.4 Å². The largest absolute Gasteiger partial charge is 0.340 e. The summed E-state index contributed by atoms with van der Waals surface area (Å²) >= 11 is 0. The fourth-order valence-electron chi connectivity index (χ4n) is 2.70. The van der Waals surface area contributed by atoms with Crippen LogP contribution in [0.5, 0.6) is 0 Å². The lowest BCUT2D eigenvalue weighted by Crippen LogP contribution is -2.12. The van der Waals surface area contributed by atoms with Crippen molar-refractivity contribution in [1.82, 2.24) is 4.98 Å². The van der Waals surface area contributed by atoms with Crippen LogP contribution in [0.3, 0.4) is 0 Å². The first-order chi connectivity index (χ1) is 10.2. The number of nitrogens with zero attached hydrogens (tertiary/aromatic N) is 3. The molecule has 2 aliphatic heterocycles. The van der Waals surface area contributed by atoms with Crippen LogP contribution in [0.4, 0.5) is 10.1 Å². The summed E-state index contributed by atoms with van der Waals surface area (Å²) in [4.78, 5) is 12.9. The molecule has 0 fully saturated rings. The van der Waals surface area contributed by atoms with E-state index in [0.717, 1.165) is 34.8 Å². The molecule has 0 aliphatic carbocycles. The number of anilines is 1. The van der Waals surface area contributed by atoms with Crippen LogP contribution in [0.2, 0.25) is 0 Å². The summed E-state index contributed by atoms with van der Waals surface area (Å²) in [5, 5.41) is 3.26. The van der Waals surface area contributed by atoms with Gasteiger partial charge in [0.25, 0.3) is 0 Å². The molecular formula is C16H13FN4. The predicted molar refractivity (Wildman–Crippen MR) is 80.4 cm³/mol. The van der Waals surface area contributed by atoms with Crippen LogP contribution in [-0.2, 0) is 13.1 Å². The summed E-state index contributed by atoms with van der Waals surface area (Å²) in [6.07, 6.45) is 1.23. The summed E-state index contributed by atoms with van der Waals surface area (Å²) in [6, 6.07) is 7.60. The fourth-order valence-corrected chi connectivity index (χ4v) is 2.70. The number of nitrogens with one attached hydrogen (secondary N) is 1. The lowest BCUT2D eigenvalue weighted by molar-refractivity contribution is 0.619. The molecule has 2 aliphatic rings. The van der Waals surface area contributed by atoms with Crippen molar-refractivity contribution in [2.45, 2.75) is 20.0 Å². The highest BCUT2D eigenvalue weighted by atomic mass is 19.1. The van der Waals surface area contributed by atoms with Gasteiger partial charge in [-0.15, -0.1) is 0 Å². The fraction of sp³-hybridized carbons (Fsp3) is 0.188. The molecule has 0 spiro atoms. The zero-order chi connectivity index (χ0) is 14.4. The molecular weight excluding hydrogens is 267 g/mol. The lowest BCUT2D eigenvalue weighted by atomic mass is 10.1. The first kappa shape index (κ1) is 12.2. The Kier molecular flexibility index (Phi) is 2.60. The summed E-state index contributed by atoms with van der Waals surface area (Å²) in [6.45, 7) is 3.25. The smallest absolute Gasteiger partial charge is 0.142 e. The van der Waals surface area contributed by atoms with Crippen LogP contribution in [-0.4, -0.2) is 16.5 Å². The van der Waals surface area contributed by atoms with Crippen LogP contribution in [0.15, 0.2) is 40.4 Å². The van der Waals surface area contributed by atoms with Crippen molar-refractivity contribution in [3.8, 4) is 0 Å². The van der Waals surface area contributed by atoms with Crippen molar-refractivity contribution in [2.75, 3.05) is 5.32 Å². The van der Waals surface area contributed by atoms with Gasteiger partial charge in [0, 0.05) is 22.5 Å². The highest BCUT2D eigenvalue weighted by Gasteiger charge is 2.19. The lowest BCUT2D eigenvalue weighted by Gasteiger charge is -2.09. The molecule has 2 aromatic rings. The Balaban J connectivity index is 1.66. The highest BCUT2D eigenvalue weighted by molar-refractivity contribution is 6.11. The minimum Gasteiger partial charge on any atom is -0.340 e. The van der Waals surface area contributed by atoms with Crippen LogP contribution in [0.25, 0.3) is 0 Å². The van der Waals surface area contributed by atoms with Crippen molar-refractivity contribution < 1.29 is 4.39 Å². The van der Waals surface area contributed by atoms with Gasteiger partial charge in [-0.25, -0.2) is 4.39 Å². The molecule has 21 heavy (non-hydrogen) atoms. The molecule has 3 heterocycles. The number of rotatable bonds is 1. The topological polar surface area (TPSA) is 49.6 Å². The van der Waals surface area contributed by atoms with E-state index in [4.69, 9.17) is 0 Å². The number of aliphatic imine (C=N–C) groups is 2. The number of fused-ring (bicyclic) bond motifs is 2. The molecule has 5 heteroatoms. The van der Waals surface area contributed by atoms with Crippen LogP contribution >= 0.6 is 0 Å². The van der Waals surface area contributed by atoms with Crippen molar-refractivity contribution in [3.63, 3.8) is 0 Å². The average molecular weight is 280 g/mol. The second kappa shape index (κ2) is 4.48. The molecule has 4 rings (SSSR count). The average Bonchev–Trinajstić information content (AvgIpc) is 3.04. The van der Waals surface area contributed by atoms with Gasteiger partial charge >= 0.3 is 0 Å². The maximum absolute atomic E-state index is 13.3. The van der Waals surface area contributed by atoms with E-state index >= 15 is 0 Å². The Morgan fingerprint density at radius 2 is 2.00 bits per heavy atom. The van der Waals surface area contributed by atoms with Gasteiger partial charge in [-0.05, 0) is 30.7 Å². The number of halogens is 1. The van der Waals surface area contributed by atoms with E-state index in [1.807, 2.05) is 13.0 Å². The third kappa shape index (κ3) is 2.01. The number of hydrogen-bond donors (Lipinski definition) is 1. The van der Waals surface area contributed by atoms with E-state index < -0.39 is 0 Å². The van der Waals surface area contributed by atoms with Crippen molar-refractivity contribution in [3.05, 3.63) is 58.7 Å². The van der Waals surface area contributed by atoms with Crippen molar-refractivity contribution in [2.24, 2.45) is 9.98 Å². The Morgan fingerprint density at radius 3 is 2.90 bits per heavy atom. The second-order valence-corrected chi connectivity index (χ2v) is 5.21. The van der Waals surface area contributed by atoms with Crippen molar-refractivity contribution >= 4 is 17.2 Å². The third-order valence-electron chi connectivity index (χ3n) is 3.83. The summed E-state index contributed by atoms with van der Waals surface area (Å²) in [5.74, 6) is 0.326. The number of hydrogen-bond acceptors (Lipinski definition) is 4. The van der Waals surface area contributed by atoms with Crippen LogP contribution in [0, 0.1) is 5.82 Å². The van der Waals surface area contributed by atoms with Gasteiger partial charge in [-0.2, -0.15) is 0 Å². The molecule has 0 saturated heterocycles. The minimum atomic E-state index is -0.345. The number of pyridine rings is 1. The Labute approximate surface area is 121 Å². The molecule has 0 unspecified atom stereocenters. The Bertz CT molecular complexity index is 808. The molecule has 0 amide bonds. The quantitative estimate of drug-likeness (QED) is 0.873. The van der Waals surface area contributed by atoms with E-state index in [1.54, 1.807) is 0 Å². The molecule has 0 bridgehead atoms. The summed E-state index contributed by atoms with van der Waals surface area (Å²) in [5.41, 5.74) is 5.92. The minimum absolute atomic E-state index is 0.345. The summed E-state index contributed by atoms with van der Waals surface area (Å²) < 4.78 is 13.3. The van der Waals surface area contributed by atoms with Crippen LogP contribution in [0.1, 0.15) is 29.3 Å². The number of benzene rings is 1. The van der Waals surface area contributed by atoms with E-state index in [-0.39, 0.29) is 5.82 Å². The van der Waals surface area contributed by atoms with E-state index in [1.165, 1.54) is 17.8 Å². The standard InChI is InChI=1S/C16H13FN4/c1-9-13-5-12(3-2-10(13)6-18-9)21-16-14-4-11(17)7-19-15(14)8-20-16/h2-5,7H,6,8H2,1H3,(H,20,21). The molecule has 0 atom stereocenters. The number of amidine groups is 1. The van der Waals surface area contributed by atoms with E-state index in [9.17, 15) is 4.39 Å². The first-order valence-electron chi connectivity index (χ1n) is 6.81. The van der Waals surface area contributed by atoms with Gasteiger partial charge in [-0.3, -0.25) is 15.0 Å². The Morgan fingerprint density at radius 1 is 1.10 bits per heavy atom. The molecule has 104 valence electrons. The van der Waals surface area contributed by atoms with Gasteiger partial charge in [-0.1, -0.05) is 6.07 Å². The predicted octanol–water partition coefficient (Wildman–Crippen LogP) is 2.92. The number of aromatic nitrogens is 1. The molecule has 0 saturated carbocycles. The molecule has 1 aromatic carbocycles. The van der Waals surface area contributed by atoms with Gasteiger partial charge in [0.15, 0.2) is 0 Å². The molecule has 4 nitrogen and oxygen atoms in total. The highest BCUT2D eigenvalue weighted by Crippen LogP contribution is 2.24. The first-order valence-corrected chi connectivity index (χ1v) is 6.81. The molecule has 0 radical (unpaired) electrons. The van der Waals surface area contributed by atoms with Gasteiger partial charge in [0.1, 0.15) is 11.7 Å². The zero-order valence-corrected chi connectivity index (χ0v) is 11.5. The van der Waals surface area contributed by atoms with Gasteiger partial charge in [0.05, 0.1) is 25.0 Å². The third-order valence-corrected chi connectivity index (χ3v) is 3.83. The molecule has 1 N–H and O–H groups in total.